The fraction of sp³-hybridized carbons (Fsp3) is 0.545. The van der Waals surface area contributed by atoms with E-state index in [9.17, 15) is 9.59 Å². The quantitative estimate of drug-likeness (QED) is 0.604. The van der Waals surface area contributed by atoms with Crippen LogP contribution in [0.4, 0.5) is 0 Å². The van der Waals surface area contributed by atoms with E-state index in [-0.39, 0.29) is 17.2 Å². The largest absolute Gasteiger partial charge is 0.497 e. The minimum absolute atomic E-state index is 0.0182. The van der Waals surface area contributed by atoms with Crippen LogP contribution in [0.2, 0.25) is 0 Å². The van der Waals surface area contributed by atoms with Crippen molar-refractivity contribution in [3.63, 3.8) is 0 Å². The summed E-state index contributed by atoms with van der Waals surface area (Å²) in [7, 11) is 3.15. The van der Waals surface area contributed by atoms with Crippen molar-refractivity contribution in [2.24, 2.45) is 23.2 Å². The van der Waals surface area contributed by atoms with Crippen molar-refractivity contribution in [2.45, 2.75) is 38.5 Å². The van der Waals surface area contributed by atoms with E-state index >= 15 is 0 Å². The van der Waals surface area contributed by atoms with Gasteiger partial charge in [-0.05, 0) is 74.5 Å². The molecule has 1 aromatic carbocycles. The van der Waals surface area contributed by atoms with Crippen molar-refractivity contribution in [2.75, 3.05) is 14.2 Å². The molecule has 4 saturated carbocycles. The second-order valence-electron chi connectivity index (χ2n) is 8.58. The summed E-state index contributed by atoms with van der Waals surface area (Å²) in [5, 5.41) is 0. The standard InChI is InChI=1S/C22H28N2O4/c1-27-18-5-3-17(19(10-18)28-2)4-6-20(25)23-24-21(26)22-11-14-7-15(12-22)9-16(8-14)13-22/h3-6,10,14-16H,7-9,11-13H2,1-2H3,(H,23,25)(H,24,26)/b6-4+. The highest BCUT2D eigenvalue weighted by Crippen LogP contribution is 2.60. The van der Waals surface area contributed by atoms with Crippen LogP contribution in [0, 0.1) is 23.2 Å². The number of benzene rings is 1. The van der Waals surface area contributed by atoms with Crippen LogP contribution in [0.25, 0.3) is 6.08 Å². The topological polar surface area (TPSA) is 76.7 Å². The summed E-state index contributed by atoms with van der Waals surface area (Å²) in [6.45, 7) is 0. The number of carbonyl (C=O) groups is 2. The monoisotopic (exact) mass is 384 g/mol. The molecular weight excluding hydrogens is 356 g/mol. The van der Waals surface area contributed by atoms with Crippen molar-refractivity contribution in [1.82, 2.24) is 10.9 Å². The average molecular weight is 384 g/mol. The lowest BCUT2D eigenvalue weighted by Gasteiger charge is -2.55. The first-order valence-corrected chi connectivity index (χ1v) is 10.0. The van der Waals surface area contributed by atoms with Gasteiger partial charge >= 0.3 is 0 Å². The van der Waals surface area contributed by atoms with Gasteiger partial charge in [-0.25, -0.2) is 0 Å². The van der Waals surface area contributed by atoms with Gasteiger partial charge in [0.2, 0.25) is 5.91 Å². The van der Waals surface area contributed by atoms with E-state index in [1.165, 1.54) is 25.3 Å². The zero-order valence-electron chi connectivity index (χ0n) is 16.5. The second-order valence-corrected chi connectivity index (χ2v) is 8.58. The van der Waals surface area contributed by atoms with Crippen molar-refractivity contribution in [3.8, 4) is 11.5 Å². The molecule has 2 amide bonds. The summed E-state index contributed by atoms with van der Waals surface area (Å²) in [6, 6.07) is 5.37. The second kappa shape index (κ2) is 7.49. The molecular formula is C22H28N2O4. The summed E-state index contributed by atoms with van der Waals surface area (Å²) in [6.07, 6.45) is 9.81. The predicted molar refractivity (Wildman–Crippen MR) is 105 cm³/mol. The van der Waals surface area contributed by atoms with Gasteiger partial charge in [-0.2, -0.15) is 0 Å². The molecule has 4 fully saturated rings. The molecule has 150 valence electrons. The lowest BCUT2D eigenvalue weighted by molar-refractivity contribution is -0.148. The molecule has 0 saturated heterocycles. The smallest absolute Gasteiger partial charge is 0.262 e. The molecule has 0 aliphatic heterocycles. The maximum Gasteiger partial charge on any atom is 0.262 e. The number of hydrogen-bond acceptors (Lipinski definition) is 4. The van der Waals surface area contributed by atoms with Gasteiger partial charge in [0.25, 0.3) is 5.91 Å². The van der Waals surface area contributed by atoms with E-state index in [1.807, 2.05) is 6.07 Å². The highest BCUT2D eigenvalue weighted by atomic mass is 16.5. The Hall–Kier alpha value is -2.50. The Bertz CT molecular complexity index is 766. The molecule has 4 aliphatic carbocycles. The molecule has 2 N–H and O–H groups in total. The normalized spacial score (nSPS) is 30.3. The zero-order valence-corrected chi connectivity index (χ0v) is 16.5. The Morgan fingerprint density at radius 2 is 1.64 bits per heavy atom. The third-order valence-electron chi connectivity index (χ3n) is 6.67. The van der Waals surface area contributed by atoms with E-state index in [2.05, 4.69) is 10.9 Å². The van der Waals surface area contributed by atoms with Crippen LogP contribution < -0.4 is 20.3 Å². The van der Waals surface area contributed by atoms with Crippen LogP contribution in [-0.4, -0.2) is 26.0 Å². The van der Waals surface area contributed by atoms with Crippen LogP contribution >= 0.6 is 0 Å². The van der Waals surface area contributed by atoms with Gasteiger partial charge in [0.1, 0.15) is 11.5 Å². The summed E-state index contributed by atoms with van der Waals surface area (Å²) in [5.74, 6) is 2.98. The maximum absolute atomic E-state index is 12.9. The summed E-state index contributed by atoms with van der Waals surface area (Å²) >= 11 is 0. The number of amides is 2. The van der Waals surface area contributed by atoms with Gasteiger partial charge in [-0.15, -0.1) is 0 Å². The first-order chi connectivity index (χ1) is 13.5. The predicted octanol–water partition coefficient (Wildman–Crippen LogP) is 3.08. The van der Waals surface area contributed by atoms with Crippen LogP contribution in [0.5, 0.6) is 11.5 Å². The van der Waals surface area contributed by atoms with Gasteiger partial charge in [0, 0.05) is 17.7 Å². The van der Waals surface area contributed by atoms with E-state index in [4.69, 9.17) is 9.47 Å². The number of rotatable bonds is 5. The Balaban J connectivity index is 1.35. The van der Waals surface area contributed by atoms with Gasteiger partial charge in [0.15, 0.2) is 0 Å². The number of ether oxygens (including phenoxy) is 2. The average Bonchev–Trinajstić information content (AvgIpc) is 2.69. The van der Waals surface area contributed by atoms with E-state index in [0.717, 1.165) is 24.8 Å². The molecule has 4 aliphatic rings. The molecule has 0 heterocycles. The van der Waals surface area contributed by atoms with Gasteiger partial charge in [-0.1, -0.05) is 0 Å². The van der Waals surface area contributed by atoms with Gasteiger partial charge < -0.3 is 9.47 Å². The Morgan fingerprint density at radius 3 is 2.21 bits per heavy atom. The molecule has 4 bridgehead atoms. The third-order valence-corrected chi connectivity index (χ3v) is 6.67. The van der Waals surface area contributed by atoms with Crippen molar-refractivity contribution in [1.29, 1.82) is 0 Å². The Labute approximate surface area is 165 Å². The molecule has 28 heavy (non-hydrogen) atoms. The third kappa shape index (κ3) is 3.60. The molecule has 6 nitrogen and oxygen atoms in total. The van der Waals surface area contributed by atoms with Crippen LogP contribution in [0.3, 0.4) is 0 Å². The van der Waals surface area contributed by atoms with E-state index < -0.39 is 0 Å². The van der Waals surface area contributed by atoms with Crippen molar-refractivity contribution >= 4 is 17.9 Å². The number of methoxy groups -OCH3 is 2. The van der Waals surface area contributed by atoms with E-state index in [0.29, 0.717) is 29.3 Å². The highest BCUT2D eigenvalue weighted by molar-refractivity contribution is 5.94. The molecule has 0 spiro atoms. The fourth-order valence-electron chi connectivity index (χ4n) is 5.80. The Morgan fingerprint density at radius 1 is 1.00 bits per heavy atom. The minimum atomic E-state index is -0.365. The number of hydrogen-bond donors (Lipinski definition) is 2. The van der Waals surface area contributed by atoms with Gasteiger partial charge in [0.05, 0.1) is 19.6 Å². The molecule has 6 heteroatoms. The van der Waals surface area contributed by atoms with Gasteiger partial charge in [-0.3, -0.25) is 20.4 Å². The zero-order chi connectivity index (χ0) is 19.7. The fourth-order valence-corrected chi connectivity index (χ4v) is 5.80. The summed E-state index contributed by atoms with van der Waals surface area (Å²) in [5.41, 5.74) is 5.71. The molecule has 1 aromatic rings. The minimum Gasteiger partial charge on any atom is -0.497 e. The number of hydrazine groups is 1. The SMILES string of the molecule is COc1ccc(/C=C/C(=O)NNC(=O)C23CC4CC(CC(C4)C2)C3)c(OC)c1. The molecule has 0 radical (unpaired) electrons. The first-order valence-electron chi connectivity index (χ1n) is 10.0. The van der Waals surface area contributed by atoms with Crippen LogP contribution in [0.15, 0.2) is 24.3 Å². The lowest BCUT2D eigenvalue weighted by atomic mass is 9.49. The van der Waals surface area contributed by atoms with Crippen molar-refractivity contribution in [3.05, 3.63) is 29.8 Å². The lowest BCUT2D eigenvalue weighted by Crippen LogP contribution is -2.56. The van der Waals surface area contributed by atoms with Crippen LogP contribution in [-0.2, 0) is 9.59 Å². The molecule has 0 atom stereocenters. The van der Waals surface area contributed by atoms with E-state index in [1.54, 1.807) is 32.4 Å². The summed E-state index contributed by atoms with van der Waals surface area (Å²) in [4.78, 5) is 25.1. The molecule has 0 unspecified atom stereocenters. The highest BCUT2D eigenvalue weighted by Gasteiger charge is 2.54. The first kappa shape index (κ1) is 18.8. The number of nitrogens with one attached hydrogen (secondary N) is 2. The molecule has 5 rings (SSSR count). The van der Waals surface area contributed by atoms with Crippen molar-refractivity contribution < 1.29 is 19.1 Å². The Kier molecular flexibility index (Phi) is 5.04. The summed E-state index contributed by atoms with van der Waals surface area (Å²) < 4.78 is 10.5. The maximum atomic E-state index is 12.9. The number of carbonyl (C=O) groups excluding carboxylic acids is 2. The van der Waals surface area contributed by atoms with Crippen LogP contribution in [0.1, 0.15) is 44.1 Å². The molecule has 0 aromatic heterocycles.